The summed E-state index contributed by atoms with van der Waals surface area (Å²) in [6, 6.07) is 4.25. The Morgan fingerprint density at radius 2 is 1.09 bits per heavy atom. The van der Waals surface area contributed by atoms with Crippen molar-refractivity contribution in [3.05, 3.63) is 64.7 Å². The summed E-state index contributed by atoms with van der Waals surface area (Å²) in [6.45, 7) is 0. The molecule has 0 unspecified atom stereocenters. The first kappa shape index (κ1) is 17.0. The average Bonchev–Trinajstić information content (AvgIpc) is 2.51. The lowest BCUT2D eigenvalue weighted by molar-refractivity contribution is -0.227. The summed E-state index contributed by atoms with van der Waals surface area (Å²) >= 11 is 0. The number of benzene rings is 2. The van der Waals surface area contributed by atoms with Crippen LogP contribution >= 0.6 is 0 Å². The molecule has 0 saturated carbocycles. The molecule has 0 amide bonds. The largest absolute Gasteiger partial charge is 0.503 e. The Kier molecular flexibility index (Phi) is 4.00. The summed E-state index contributed by atoms with van der Waals surface area (Å²) in [7, 11) is 0. The van der Waals surface area contributed by atoms with E-state index >= 15 is 0 Å². The zero-order chi connectivity index (χ0) is 17.6. The summed E-state index contributed by atoms with van der Waals surface area (Å²) in [4.78, 5) is 0. The molecule has 0 aliphatic heterocycles. The molecular weight excluding hydrogens is 336 g/mol. The van der Waals surface area contributed by atoms with Crippen molar-refractivity contribution in [3.8, 4) is 5.75 Å². The van der Waals surface area contributed by atoms with Crippen LogP contribution in [0.3, 0.4) is 0 Å². The summed E-state index contributed by atoms with van der Waals surface area (Å²) in [5, 5.41) is 8.72. The topological polar surface area (TPSA) is 20.2 Å². The van der Waals surface area contributed by atoms with Crippen LogP contribution in [0.5, 0.6) is 5.75 Å². The lowest BCUT2D eigenvalue weighted by Crippen LogP contribution is -2.37. The fourth-order valence-corrected chi connectivity index (χ4v) is 1.88. The third-order valence-corrected chi connectivity index (χ3v) is 3.08. The van der Waals surface area contributed by atoms with Gasteiger partial charge in [0.1, 0.15) is 5.56 Å². The lowest BCUT2D eigenvalue weighted by atomic mass is 9.94. The number of halogens is 8. The SMILES string of the molecule is Oc1c(F)c(F)c(C(F)(F)C(F)(F)c2ccccc2)c(F)c1F. The van der Waals surface area contributed by atoms with E-state index in [-0.39, 0.29) is 0 Å². The molecule has 0 bridgehead atoms. The van der Waals surface area contributed by atoms with Crippen molar-refractivity contribution in [2.24, 2.45) is 0 Å². The van der Waals surface area contributed by atoms with Gasteiger partial charge in [0, 0.05) is 5.56 Å². The first-order valence-electron chi connectivity index (χ1n) is 5.90. The molecule has 0 heterocycles. The molecule has 23 heavy (non-hydrogen) atoms. The van der Waals surface area contributed by atoms with Gasteiger partial charge in [-0.2, -0.15) is 26.3 Å². The van der Waals surface area contributed by atoms with Crippen LogP contribution in [0, 0.1) is 23.3 Å². The van der Waals surface area contributed by atoms with Crippen molar-refractivity contribution in [1.82, 2.24) is 0 Å². The van der Waals surface area contributed by atoms with E-state index in [4.69, 9.17) is 5.11 Å². The summed E-state index contributed by atoms with van der Waals surface area (Å²) in [5.41, 5.74) is -4.13. The first-order valence-corrected chi connectivity index (χ1v) is 5.90. The third kappa shape index (κ3) is 2.40. The second-order valence-electron chi connectivity index (χ2n) is 4.49. The van der Waals surface area contributed by atoms with Crippen LogP contribution in [0.2, 0.25) is 0 Å². The van der Waals surface area contributed by atoms with E-state index in [1.165, 1.54) is 6.07 Å². The minimum Gasteiger partial charge on any atom is -0.503 e. The Morgan fingerprint density at radius 3 is 1.52 bits per heavy atom. The van der Waals surface area contributed by atoms with Gasteiger partial charge in [-0.25, -0.2) is 8.78 Å². The maximum Gasteiger partial charge on any atom is 0.345 e. The fourth-order valence-electron chi connectivity index (χ4n) is 1.88. The number of aromatic hydroxyl groups is 1. The van der Waals surface area contributed by atoms with E-state index in [0.717, 1.165) is 12.1 Å². The number of phenolic OH excluding ortho intramolecular Hbond substituents is 1. The van der Waals surface area contributed by atoms with Crippen molar-refractivity contribution in [2.75, 3.05) is 0 Å². The zero-order valence-electron chi connectivity index (χ0n) is 10.9. The van der Waals surface area contributed by atoms with Gasteiger partial charge >= 0.3 is 11.8 Å². The molecule has 0 atom stereocenters. The summed E-state index contributed by atoms with van der Waals surface area (Å²) in [6.07, 6.45) is 0. The second-order valence-corrected chi connectivity index (χ2v) is 4.49. The van der Waals surface area contributed by atoms with Gasteiger partial charge in [0.25, 0.3) is 0 Å². The molecule has 0 aromatic heterocycles. The number of phenols is 1. The maximum absolute atomic E-state index is 14.0. The van der Waals surface area contributed by atoms with Crippen molar-refractivity contribution >= 4 is 0 Å². The highest BCUT2D eigenvalue weighted by Crippen LogP contribution is 2.52. The molecule has 2 aromatic rings. The van der Waals surface area contributed by atoms with Crippen molar-refractivity contribution < 1.29 is 40.2 Å². The van der Waals surface area contributed by atoms with Crippen LogP contribution in [0.1, 0.15) is 11.1 Å². The second kappa shape index (κ2) is 5.39. The third-order valence-electron chi connectivity index (χ3n) is 3.08. The van der Waals surface area contributed by atoms with E-state index in [0.29, 0.717) is 12.1 Å². The molecule has 0 spiro atoms. The van der Waals surface area contributed by atoms with Gasteiger partial charge in [0.2, 0.25) is 11.6 Å². The number of hydrogen-bond donors (Lipinski definition) is 1. The van der Waals surface area contributed by atoms with Gasteiger partial charge in [-0.1, -0.05) is 30.3 Å². The van der Waals surface area contributed by atoms with Crippen LogP contribution in [-0.4, -0.2) is 5.11 Å². The van der Waals surface area contributed by atoms with Gasteiger partial charge in [0.05, 0.1) is 0 Å². The Morgan fingerprint density at radius 1 is 0.652 bits per heavy atom. The number of hydrogen-bond acceptors (Lipinski definition) is 1. The van der Waals surface area contributed by atoms with Gasteiger partial charge in [-0.15, -0.1) is 0 Å². The van der Waals surface area contributed by atoms with E-state index in [2.05, 4.69) is 0 Å². The Hall–Kier alpha value is -2.32. The molecule has 0 radical (unpaired) electrons. The molecule has 0 aliphatic carbocycles. The van der Waals surface area contributed by atoms with Gasteiger partial charge < -0.3 is 5.11 Å². The standard InChI is InChI=1S/C14H6F8O/c15-8-7(9(16)11(18)12(23)10(8)17)14(21,22)13(19,20)6-4-2-1-3-5-6/h1-5,23H. The van der Waals surface area contributed by atoms with Crippen LogP contribution in [0.15, 0.2) is 30.3 Å². The van der Waals surface area contributed by atoms with Crippen LogP contribution in [0.25, 0.3) is 0 Å². The van der Waals surface area contributed by atoms with E-state index in [1.54, 1.807) is 0 Å². The molecule has 0 saturated heterocycles. The van der Waals surface area contributed by atoms with Gasteiger partial charge in [0.15, 0.2) is 17.4 Å². The molecular formula is C14H6F8O. The highest BCUT2D eigenvalue weighted by molar-refractivity contribution is 5.38. The first-order chi connectivity index (χ1) is 10.5. The zero-order valence-corrected chi connectivity index (χ0v) is 10.9. The lowest BCUT2D eigenvalue weighted by Gasteiger charge is -2.28. The van der Waals surface area contributed by atoms with Crippen LogP contribution in [-0.2, 0) is 11.8 Å². The molecule has 2 aromatic carbocycles. The molecule has 9 heteroatoms. The molecule has 0 aliphatic rings. The highest BCUT2D eigenvalue weighted by Gasteiger charge is 2.62. The van der Waals surface area contributed by atoms with Crippen molar-refractivity contribution in [2.45, 2.75) is 11.8 Å². The maximum atomic E-state index is 14.0. The molecule has 1 N–H and O–H groups in total. The van der Waals surface area contributed by atoms with Gasteiger partial charge in [-0.05, 0) is 0 Å². The summed E-state index contributed by atoms with van der Waals surface area (Å²) in [5.74, 6) is -23.8. The normalized spacial score (nSPS) is 12.5. The molecule has 2 rings (SSSR count). The Bertz CT molecular complexity index is 713. The van der Waals surface area contributed by atoms with Crippen molar-refractivity contribution in [3.63, 3.8) is 0 Å². The molecule has 0 fully saturated rings. The average molecular weight is 342 g/mol. The molecule has 124 valence electrons. The van der Waals surface area contributed by atoms with Gasteiger partial charge in [-0.3, -0.25) is 0 Å². The van der Waals surface area contributed by atoms with E-state index in [9.17, 15) is 35.1 Å². The number of rotatable bonds is 3. The fraction of sp³-hybridized carbons (Fsp3) is 0.143. The summed E-state index contributed by atoms with van der Waals surface area (Å²) < 4.78 is 109. The molecule has 1 nitrogen and oxygen atoms in total. The minimum absolute atomic E-state index is 0.552. The smallest absolute Gasteiger partial charge is 0.345 e. The van der Waals surface area contributed by atoms with Crippen LogP contribution < -0.4 is 0 Å². The van der Waals surface area contributed by atoms with Crippen LogP contribution in [0.4, 0.5) is 35.1 Å². The number of alkyl halides is 4. The quantitative estimate of drug-likeness (QED) is 0.626. The monoisotopic (exact) mass is 342 g/mol. The Balaban J connectivity index is 2.75. The predicted molar refractivity (Wildman–Crippen MR) is 62.2 cm³/mol. The van der Waals surface area contributed by atoms with E-state index < -0.39 is 52.0 Å². The minimum atomic E-state index is -5.63. The van der Waals surface area contributed by atoms with E-state index in [1.807, 2.05) is 0 Å². The van der Waals surface area contributed by atoms with Crippen molar-refractivity contribution in [1.29, 1.82) is 0 Å². The highest BCUT2D eigenvalue weighted by atomic mass is 19.3. The predicted octanol–water partition coefficient (Wildman–Crippen LogP) is 4.83. The Labute approximate surface area is 123 Å².